The molecule has 0 saturated carbocycles. The minimum Gasteiger partial charge on any atom is -0.438 e. The summed E-state index contributed by atoms with van der Waals surface area (Å²) in [5, 5.41) is 11.9. The number of ether oxygens (including phenoxy) is 1. The van der Waals surface area contributed by atoms with Crippen LogP contribution in [0.5, 0.6) is 0 Å². The van der Waals surface area contributed by atoms with Crippen LogP contribution < -0.4 is 5.56 Å². The normalized spacial score (nSPS) is 10.9. The van der Waals surface area contributed by atoms with Crippen LogP contribution in [0.15, 0.2) is 33.6 Å². The average molecular weight is 314 g/mol. The van der Waals surface area contributed by atoms with Crippen LogP contribution in [0, 0.1) is 6.92 Å². The lowest BCUT2D eigenvalue weighted by Gasteiger charge is -2.06. The zero-order chi connectivity index (χ0) is 16.4. The lowest BCUT2D eigenvalue weighted by molar-refractivity contribution is 0.0333. The lowest BCUT2D eigenvalue weighted by atomic mass is 10.1. The first-order chi connectivity index (χ1) is 11.1. The van der Waals surface area contributed by atoms with Gasteiger partial charge in [0.1, 0.15) is 16.8 Å². The maximum absolute atomic E-state index is 12.3. The first-order valence-corrected chi connectivity index (χ1v) is 7.06. The molecule has 23 heavy (non-hydrogen) atoms. The van der Waals surface area contributed by atoms with E-state index in [4.69, 9.17) is 9.26 Å². The molecule has 0 fully saturated rings. The van der Waals surface area contributed by atoms with Gasteiger partial charge in [-0.25, -0.2) is 4.79 Å². The molecule has 2 aromatic heterocycles. The first kappa shape index (κ1) is 14.9. The summed E-state index contributed by atoms with van der Waals surface area (Å²) >= 11 is 0. The van der Waals surface area contributed by atoms with Crippen LogP contribution in [0.1, 0.15) is 28.7 Å². The van der Waals surface area contributed by atoms with Gasteiger partial charge in [0.05, 0.1) is 11.1 Å². The Morgan fingerprint density at radius 1 is 1.35 bits per heavy atom. The van der Waals surface area contributed by atoms with Crippen molar-refractivity contribution in [1.82, 2.24) is 20.2 Å². The van der Waals surface area contributed by atoms with E-state index < -0.39 is 5.97 Å². The molecule has 8 nitrogen and oxygen atoms in total. The van der Waals surface area contributed by atoms with Crippen molar-refractivity contribution in [3.05, 3.63) is 51.6 Å². The van der Waals surface area contributed by atoms with Crippen LogP contribution in [0.2, 0.25) is 0 Å². The number of hydrogen-bond acceptors (Lipinski definition) is 7. The lowest BCUT2D eigenvalue weighted by Crippen LogP contribution is -2.26. The third-order valence-corrected chi connectivity index (χ3v) is 3.42. The maximum atomic E-state index is 12.3. The van der Waals surface area contributed by atoms with Crippen molar-refractivity contribution >= 4 is 16.9 Å². The molecule has 0 amide bonds. The van der Waals surface area contributed by atoms with Crippen molar-refractivity contribution in [3.63, 3.8) is 0 Å². The Kier molecular flexibility index (Phi) is 3.88. The molecular weight excluding hydrogens is 300 g/mol. The van der Waals surface area contributed by atoms with E-state index in [1.165, 1.54) is 0 Å². The highest BCUT2D eigenvalue weighted by molar-refractivity contribution is 5.91. The topological polar surface area (TPSA) is 100 Å². The molecular formula is C15H14N4O4. The molecule has 0 bridgehead atoms. The largest absolute Gasteiger partial charge is 0.438 e. The zero-order valence-corrected chi connectivity index (χ0v) is 12.6. The highest BCUT2D eigenvalue weighted by atomic mass is 16.5. The van der Waals surface area contributed by atoms with Gasteiger partial charge in [0.15, 0.2) is 6.73 Å². The average Bonchev–Trinajstić information content (AvgIpc) is 2.95. The van der Waals surface area contributed by atoms with Crippen molar-refractivity contribution in [1.29, 1.82) is 0 Å². The van der Waals surface area contributed by atoms with Gasteiger partial charge in [-0.15, -0.1) is 5.10 Å². The van der Waals surface area contributed by atoms with E-state index in [1.807, 2.05) is 6.92 Å². The molecule has 2 heterocycles. The summed E-state index contributed by atoms with van der Waals surface area (Å²) in [5.41, 5.74) is 0.920. The van der Waals surface area contributed by atoms with E-state index in [0.29, 0.717) is 28.8 Å². The summed E-state index contributed by atoms with van der Waals surface area (Å²) in [4.78, 5) is 24.4. The Bertz CT molecular complexity index is 929. The number of esters is 1. The molecule has 0 aliphatic rings. The predicted octanol–water partition coefficient (Wildman–Crippen LogP) is 1.46. The van der Waals surface area contributed by atoms with E-state index in [9.17, 15) is 9.59 Å². The van der Waals surface area contributed by atoms with Gasteiger partial charge in [0.25, 0.3) is 5.56 Å². The summed E-state index contributed by atoms with van der Waals surface area (Å²) in [6.45, 7) is 3.15. The van der Waals surface area contributed by atoms with Crippen LogP contribution in [0.25, 0.3) is 10.9 Å². The van der Waals surface area contributed by atoms with Crippen molar-refractivity contribution in [2.24, 2.45) is 0 Å². The summed E-state index contributed by atoms with van der Waals surface area (Å²) in [7, 11) is 0. The van der Waals surface area contributed by atoms with E-state index in [1.54, 1.807) is 31.2 Å². The van der Waals surface area contributed by atoms with Gasteiger partial charge in [0.2, 0.25) is 0 Å². The molecule has 0 N–H and O–H groups in total. The van der Waals surface area contributed by atoms with Crippen LogP contribution in [-0.4, -0.2) is 26.1 Å². The second-order valence-corrected chi connectivity index (χ2v) is 4.89. The number of aryl methyl sites for hydroxylation is 2. The highest BCUT2D eigenvalue weighted by Crippen LogP contribution is 2.15. The fraction of sp³-hybridized carbons (Fsp3) is 0.267. The summed E-state index contributed by atoms with van der Waals surface area (Å²) in [6.07, 6.45) is 0.539. The molecule has 118 valence electrons. The summed E-state index contributed by atoms with van der Waals surface area (Å²) < 4.78 is 11.1. The number of nitrogens with zero attached hydrogens (tertiary/aromatic N) is 4. The van der Waals surface area contributed by atoms with E-state index in [0.717, 1.165) is 4.68 Å². The van der Waals surface area contributed by atoms with Gasteiger partial charge in [0, 0.05) is 0 Å². The van der Waals surface area contributed by atoms with Crippen LogP contribution in [0.3, 0.4) is 0 Å². The molecule has 0 aliphatic carbocycles. The molecule has 0 aliphatic heterocycles. The summed E-state index contributed by atoms with van der Waals surface area (Å²) in [5.74, 6) is -0.230. The molecule has 3 rings (SSSR count). The van der Waals surface area contributed by atoms with Crippen LogP contribution >= 0.6 is 0 Å². The van der Waals surface area contributed by atoms with Crippen molar-refractivity contribution < 1.29 is 14.1 Å². The Balaban J connectivity index is 1.83. The second-order valence-electron chi connectivity index (χ2n) is 4.89. The number of carbonyl (C=O) groups is 1. The zero-order valence-electron chi connectivity index (χ0n) is 12.6. The number of benzene rings is 1. The smallest absolute Gasteiger partial charge is 0.345 e. The van der Waals surface area contributed by atoms with Crippen molar-refractivity contribution in [3.8, 4) is 0 Å². The standard InChI is InChI=1S/C15H14N4O4/c1-3-11-13(9(2)23-17-11)15(21)22-8-19-14(20)10-6-4-5-7-12(10)16-18-19/h4-7H,3,8H2,1-2H3. The molecule has 1 aromatic carbocycles. The van der Waals surface area contributed by atoms with Crippen molar-refractivity contribution in [2.75, 3.05) is 0 Å². The number of aromatic nitrogens is 4. The van der Waals surface area contributed by atoms with Crippen molar-refractivity contribution in [2.45, 2.75) is 27.0 Å². The van der Waals surface area contributed by atoms with Crippen LogP contribution in [-0.2, 0) is 17.9 Å². The number of hydrogen-bond donors (Lipinski definition) is 0. The fourth-order valence-corrected chi connectivity index (χ4v) is 2.22. The first-order valence-electron chi connectivity index (χ1n) is 7.06. The monoisotopic (exact) mass is 314 g/mol. The number of rotatable bonds is 4. The minimum atomic E-state index is -0.609. The quantitative estimate of drug-likeness (QED) is 0.672. The molecule has 0 spiro atoms. The highest BCUT2D eigenvalue weighted by Gasteiger charge is 2.21. The van der Waals surface area contributed by atoms with Gasteiger partial charge in [-0.3, -0.25) is 4.79 Å². The SMILES string of the molecule is CCc1noc(C)c1C(=O)OCn1nnc2ccccc2c1=O. The molecule has 0 saturated heterocycles. The van der Waals surface area contributed by atoms with Gasteiger partial charge < -0.3 is 9.26 Å². The Morgan fingerprint density at radius 3 is 2.91 bits per heavy atom. The predicted molar refractivity (Wildman–Crippen MR) is 79.8 cm³/mol. The van der Waals surface area contributed by atoms with E-state index in [-0.39, 0.29) is 17.9 Å². The minimum absolute atomic E-state index is 0.286. The summed E-state index contributed by atoms with van der Waals surface area (Å²) in [6, 6.07) is 6.83. The third kappa shape index (κ3) is 2.70. The van der Waals surface area contributed by atoms with Gasteiger partial charge in [-0.2, -0.15) is 4.68 Å². The molecule has 3 aromatic rings. The Morgan fingerprint density at radius 2 is 2.13 bits per heavy atom. The van der Waals surface area contributed by atoms with E-state index in [2.05, 4.69) is 15.5 Å². The molecule has 0 unspecified atom stereocenters. The van der Waals surface area contributed by atoms with Crippen LogP contribution in [0.4, 0.5) is 0 Å². The van der Waals surface area contributed by atoms with E-state index >= 15 is 0 Å². The third-order valence-electron chi connectivity index (χ3n) is 3.42. The van der Waals surface area contributed by atoms with Gasteiger partial charge >= 0.3 is 5.97 Å². The number of carbonyl (C=O) groups excluding carboxylic acids is 1. The van der Waals surface area contributed by atoms with Gasteiger partial charge in [-0.1, -0.05) is 29.4 Å². The fourth-order valence-electron chi connectivity index (χ4n) is 2.22. The molecule has 0 atom stereocenters. The molecule has 0 radical (unpaired) electrons. The maximum Gasteiger partial charge on any atom is 0.345 e. The second kappa shape index (κ2) is 5.99. The Labute approximate surface area is 130 Å². The number of fused-ring (bicyclic) bond motifs is 1. The van der Waals surface area contributed by atoms with Gasteiger partial charge in [-0.05, 0) is 25.5 Å². The Hall–Kier alpha value is -3.03. The molecule has 8 heteroatoms.